The van der Waals surface area contributed by atoms with Gasteiger partial charge >= 0.3 is 5.97 Å². The van der Waals surface area contributed by atoms with Crippen molar-refractivity contribution in [3.8, 4) is 0 Å². The fourth-order valence-corrected chi connectivity index (χ4v) is 1.55. The monoisotopic (exact) mass is 172 g/mol. The van der Waals surface area contributed by atoms with E-state index < -0.39 is 12.1 Å². The molecule has 1 aliphatic carbocycles. The third kappa shape index (κ3) is 2.81. The second-order valence-corrected chi connectivity index (χ2v) is 3.38. The molecule has 0 unspecified atom stereocenters. The molecule has 0 heterocycles. The molecule has 0 saturated heterocycles. The summed E-state index contributed by atoms with van der Waals surface area (Å²) in [5, 5.41) is 8.59. The van der Waals surface area contributed by atoms with Crippen molar-refractivity contribution in [1.29, 1.82) is 0 Å². The summed E-state index contributed by atoms with van der Waals surface area (Å²) in [7, 11) is 0. The molecule has 1 aliphatic rings. The minimum absolute atomic E-state index is 0.185. The summed E-state index contributed by atoms with van der Waals surface area (Å²) in [5.41, 5.74) is 0. The lowest BCUT2D eigenvalue weighted by atomic mass is 9.98. The van der Waals surface area contributed by atoms with Crippen molar-refractivity contribution in [3.05, 3.63) is 0 Å². The van der Waals surface area contributed by atoms with Gasteiger partial charge < -0.3 is 9.84 Å². The largest absolute Gasteiger partial charge is 0.479 e. The molecule has 0 spiro atoms. The van der Waals surface area contributed by atoms with Gasteiger partial charge in [-0.1, -0.05) is 19.3 Å². The second kappa shape index (κ2) is 4.45. The fraction of sp³-hybridized carbons (Fsp3) is 0.889. The van der Waals surface area contributed by atoms with E-state index in [1.165, 1.54) is 19.3 Å². The van der Waals surface area contributed by atoms with E-state index in [4.69, 9.17) is 9.84 Å². The summed E-state index contributed by atoms with van der Waals surface area (Å²) in [6, 6.07) is 0. The fourth-order valence-electron chi connectivity index (χ4n) is 1.55. The van der Waals surface area contributed by atoms with Gasteiger partial charge in [0.25, 0.3) is 0 Å². The number of ether oxygens (including phenoxy) is 1. The van der Waals surface area contributed by atoms with E-state index in [1.807, 2.05) is 0 Å². The van der Waals surface area contributed by atoms with Crippen LogP contribution in [0.5, 0.6) is 0 Å². The Morgan fingerprint density at radius 2 is 2.00 bits per heavy atom. The van der Waals surface area contributed by atoms with Crippen LogP contribution in [0.3, 0.4) is 0 Å². The Kier molecular flexibility index (Phi) is 3.53. The lowest BCUT2D eigenvalue weighted by Gasteiger charge is -2.23. The Balaban J connectivity index is 2.24. The van der Waals surface area contributed by atoms with Crippen molar-refractivity contribution in [2.24, 2.45) is 0 Å². The molecule has 0 amide bonds. The van der Waals surface area contributed by atoms with Gasteiger partial charge in [0, 0.05) is 0 Å². The number of rotatable bonds is 3. The van der Waals surface area contributed by atoms with E-state index in [9.17, 15) is 4.79 Å². The SMILES string of the molecule is C[C@@H](OC1CCCCC1)C(=O)O. The first-order valence-corrected chi connectivity index (χ1v) is 4.58. The van der Waals surface area contributed by atoms with Crippen LogP contribution in [0, 0.1) is 0 Å². The molecule has 12 heavy (non-hydrogen) atoms. The Bertz CT molecular complexity index is 150. The van der Waals surface area contributed by atoms with Gasteiger partial charge in [-0.2, -0.15) is 0 Å². The van der Waals surface area contributed by atoms with Crippen LogP contribution in [0.25, 0.3) is 0 Å². The van der Waals surface area contributed by atoms with Crippen molar-refractivity contribution in [2.45, 2.75) is 51.2 Å². The van der Waals surface area contributed by atoms with E-state index in [1.54, 1.807) is 6.92 Å². The van der Waals surface area contributed by atoms with E-state index >= 15 is 0 Å². The summed E-state index contributed by atoms with van der Waals surface area (Å²) < 4.78 is 5.35. The van der Waals surface area contributed by atoms with Crippen LogP contribution in [-0.4, -0.2) is 23.3 Å². The topological polar surface area (TPSA) is 46.5 Å². The smallest absolute Gasteiger partial charge is 0.332 e. The van der Waals surface area contributed by atoms with E-state index in [0.29, 0.717) is 0 Å². The molecule has 0 aliphatic heterocycles. The van der Waals surface area contributed by atoms with Crippen molar-refractivity contribution in [1.82, 2.24) is 0 Å². The zero-order valence-electron chi connectivity index (χ0n) is 7.45. The van der Waals surface area contributed by atoms with Crippen molar-refractivity contribution in [2.75, 3.05) is 0 Å². The second-order valence-electron chi connectivity index (χ2n) is 3.38. The molecule has 1 atom stereocenters. The zero-order valence-corrected chi connectivity index (χ0v) is 7.45. The molecule has 0 radical (unpaired) electrons. The van der Waals surface area contributed by atoms with Crippen LogP contribution in [0.15, 0.2) is 0 Å². The van der Waals surface area contributed by atoms with Crippen molar-refractivity contribution < 1.29 is 14.6 Å². The molecule has 1 saturated carbocycles. The Hall–Kier alpha value is -0.570. The molecule has 3 nitrogen and oxygen atoms in total. The normalized spacial score (nSPS) is 22.1. The summed E-state index contributed by atoms with van der Waals surface area (Å²) in [5.74, 6) is -0.861. The quantitative estimate of drug-likeness (QED) is 0.706. The maximum absolute atomic E-state index is 10.4. The number of aliphatic carboxylic acids is 1. The molecule has 0 aromatic carbocycles. The molecule has 1 fully saturated rings. The first kappa shape index (κ1) is 9.52. The highest BCUT2D eigenvalue weighted by atomic mass is 16.5. The van der Waals surface area contributed by atoms with Crippen molar-refractivity contribution >= 4 is 5.97 Å². The van der Waals surface area contributed by atoms with Crippen LogP contribution < -0.4 is 0 Å². The number of hydrogen-bond donors (Lipinski definition) is 1. The molecule has 1 N–H and O–H groups in total. The number of carboxylic acid groups (broad SMARTS) is 1. The molecular formula is C9H16O3. The Morgan fingerprint density at radius 1 is 1.42 bits per heavy atom. The highest BCUT2D eigenvalue weighted by molar-refractivity contribution is 5.71. The summed E-state index contributed by atoms with van der Waals surface area (Å²) in [4.78, 5) is 10.4. The van der Waals surface area contributed by atoms with E-state index in [0.717, 1.165) is 12.8 Å². The predicted molar refractivity (Wildman–Crippen MR) is 45.1 cm³/mol. The summed E-state index contributed by atoms with van der Waals surface area (Å²) in [6.07, 6.45) is 5.21. The van der Waals surface area contributed by atoms with Crippen molar-refractivity contribution in [3.63, 3.8) is 0 Å². The highest BCUT2D eigenvalue weighted by Crippen LogP contribution is 2.21. The maximum atomic E-state index is 10.4. The standard InChI is InChI=1S/C9H16O3/c1-7(9(10)11)12-8-5-3-2-4-6-8/h7-8H,2-6H2,1H3,(H,10,11)/t7-/m1/s1. The molecule has 0 aromatic rings. The summed E-state index contributed by atoms with van der Waals surface area (Å²) >= 11 is 0. The molecule has 70 valence electrons. The lowest BCUT2D eigenvalue weighted by Crippen LogP contribution is -2.27. The maximum Gasteiger partial charge on any atom is 0.332 e. The third-order valence-electron chi connectivity index (χ3n) is 2.30. The van der Waals surface area contributed by atoms with Crippen LogP contribution in [0.1, 0.15) is 39.0 Å². The zero-order chi connectivity index (χ0) is 8.97. The lowest BCUT2D eigenvalue weighted by molar-refractivity contribution is -0.153. The van der Waals surface area contributed by atoms with Crippen LogP contribution in [-0.2, 0) is 9.53 Å². The van der Waals surface area contributed by atoms with Gasteiger partial charge in [0.2, 0.25) is 0 Å². The van der Waals surface area contributed by atoms with E-state index in [-0.39, 0.29) is 6.10 Å². The first-order valence-electron chi connectivity index (χ1n) is 4.58. The van der Waals surface area contributed by atoms with Crippen LogP contribution >= 0.6 is 0 Å². The molecule has 0 bridgehead atoms. The summed E-state index contributed by atoms with van der Waals surface area (Å²) in [6.45, 7) is 1.59. The highest BCUT2D eigenvalue weighted by Gasteiger charge is 2.19. The Labute approximate surface area is 72.7 Å². The van der Waals surface area contributed by atoms with E-state index in [2.05, 4.69) is 0 Å². The number of carboxylic acids is 1. The molecule has 0 aromatic heterocycles. The van der Waals surface area contributed by atoms with Gasteiger partial charge in [-0.05, 0) is 19.8 Å². The van der Waals surface area contributed by atoms with Gasteiger partial charge in [-0.25, -0.2) is 4.79 Å². The van der Waals surface area contributed by atoms with Crippen LogP contribution in [0.2, 0.25) is 0 Å². The minimum Gasteiger partial charge on any atom is -0.479 e. The minimum atomic E-state index is -0.861. The molecule has 1 rings (SSSR count). The van der Waals surface area contributed by atoms with Gasteiger partial charge in [0.1, 0.15) is 0 Å². The Morgan fingerprint density at radius 3 is 2.50 bits per heavy atom. The van der Waals surface area contributed by atoms with Gasteiger partial charge in [0.05, 0.1) is 6.10 Å². The number of carbonyl (C=O) groups is 1. The van der Waals surface area contributed by atoms with Gasteiger partial charge in [0.15, 0.2) is 6.10 Å². The van der Waals surface area contributed by atoms with Crippen LogP contribution in [0.4, 0.5) is 0 Å². The van der Waals surface area contributed by atoms with Gasteiger partial charge in [-0.15, -0.1) is 0 Å². The predicted octanol–water partition coefficient (Wildman–Crippen LogP) is 1.81. The van der Waals surface area contributed by atoms with Gasteiger partial charge in [-0.3, -0.25) is 0 Å². The molecular weight excluding hydrogens is 156 g/mol. The first-order chi connectivity index (χ1) is 5.70. The third-order valence-corrected chi connectivity index (χ3v) is 2.30. The number of hydrogen-bond acceptors (Lipinski definition) is 2. The average molecular weight is 172 g/mol. The average Bonchev–Trinajstić information content (AvgIpc) is 2.06. The molecule has 3 heteroatoms.